The Bertz CT molecular complexity index is 1100. The van der Waals surface area contributed by atoms with Gasteiger partial charge in [-0.25, -0.2) is 9.79 Å². The lowest BCUT2D eigenvalue weighted by Gasteiger charge is -2.40. The predicted octanol–water partition coefficient (Wildman–Crippen LogP) is 3.35. The van der Waals surface area contributed by atoms with E-state index in [4.69, 9.17) is 4.99 Å². The van der Waals surface area contributed by atoms with E-state index in [2.05, 4.69) is 57.8 Å². The Hall–Kier alpha value is -2.87. The molecule has 2 aromatic rings. The lowest BCUT2D eigenvalue weighted by Crippen LogP contribution is -2.64. The normalized spacial score (nSPS) is 22.8. The molecule has 3 aliphatic rings. The van der Waals surface area contributed by atoms with Crippen molar-refractivity contribution in [3.8, 4) is 0 Å². The number of aliphatic imine (C=N–C) groups is 1. The summed E-state index contributed by atoms with van der Waals surface area (Å²) in [7, 11) is 1.73. The Balaban J connectivity index is 1.43. The summed E-state index contributed by atoms with van der Waals surface area (Å²) in [5, 5.41) is 0. The number of amides is 3. The van der Waals surface area contributed by atoms with Crippen LogP contribution in [0.25, 0.3) is 0 Å². The highest BCUT2D eigenvalue weighted by molar-refractivity contribution is 9.10. The molecule has 0 saturated carbocycles. The molecule has 31 heavy (non-hydrogen) atoms. The maximum Gasteiger partial charge on any atom is 0.328 e. The van der Waals surface area contributed by atoms with Crippen LogP contribution >= 0.6 is 15.9 Å². The zero-order chi connectivity index (χ0) is 21.9. The van der Waals surface area contributed by atoms with Gasteiger partial charge >= 0.3 is 6.03 Å². The molecule has 8 heteroatoms. The van der Waals surface area contributed by atoms with Crippen LogP contribution in [0.5, 0.6) is 0 Å². The number of likely N-dealkylation sites (N-methyl/N-ethyl adjacent to an activating group) is 1. The molecule has 2 atom stereocenters. The second kappa shape index (κ2) is 7.37. The van der Waals surface area contributed by atoms with E-state index in [-0.39, 0.29) is 18.5 Å². The molecule has 5 rings (SSSR count). The van der Waals surface area contributed by atoms with E-state index in [1.54, 1.807) is 11.9 Å². The fraction of sp³-hybridized carbons (Fsp3) is 0.348. The minimum atomic E-state index is -0.495. The number of nitrogens with zero attached hydrogens (tertiary/aromatic N) is 5. The first kappa shape index (κ1) is 20.1. The summed E-state index contributed by atoms with van der Waals surface area (Å²) >= 11 is 3.42. The molecule has 3 aliphatic heterocycles. The van der Waals surface area contributed by atoms with E-state index in [1.807, 2.05) is 24.3 Å². The van der Waals surface area contributed by atoms with Crippen LogP contribution in [0.2, 0.25) is 0 Å². The van der Waals surface area contributed by atoms with Gasteiger partial charge in [-0.1, -0.05) is 34.1 Å². The van der Waals surface area contributed by atoms with E-state index in [1.165, 1.54) is 16.0 Å². The standard InChI is InChI=1S/C23H24BrN5O2/c1-14-4-9-18(12-15(14)2)27-10-11-28-19-20(25-22(27)28)26(3)23(31)29(21(19)30)13-16-5-7-17(24)8-6-16/h4-9,12,19-20H,10-11,13H2,1-3H3. The Kier molecular flexibility index (Phi) is 4.77. The van der Waals surface area contributed by atoms with Crippen LogP contribution in [0, 0.1) is 13.8 Å². The van der Waals surface area contributed by atoms with Gasteiger partial charge in [0.25, 0.3) is 5.91 Å². The number of fused-ring (bicyclic) bond motifs is 3. The van der Waals surface area contributed by atoms with Crippen molar-refractivity contribution in [3.05, 3.63) is 63.6 Å². The predicted molar refractivity (Wildman–Crippen MR) is 123 cm³/mol. The molecule has 2 unspecified atom stereocenters. The zero-order valence-corrected chi connectivity index (χ0v) is 19.3. The minimum absolute atomic E-state index is 0.184. The van der Waals surface area contributed by atoms with Gasteiger partial charge in [0.2, 0.25) is 5.96 Å². The number of benzene rings is 2. The quantitative estimate of drug-likeness (QED) is 0.674. The Morgan fingerprint density at radius 1 is 1.03 bits per heavy atom. The molecule has 0 aliphatic carbocycles. The number of aryl methyl sites for hydroxylation is 2. The van der Waals surface area contributed by atoms with E-state index in [0.29, 0.717) is 6.54 Å². The van der Waals surface area contributed by atoms with Gasteiger partial charge in [0.05, 0.1) is 6.54 Å². The number of hydrogen-bond donors (Lipinski definition) is 0. The van der Waals surface area contributed by atoms with Gasteiger partial charge < -0.3 is 14.7 Å². The molecule has 7 nitrogen and oxygen atoms in total. The molecule has 0 aromatic heterocycles. The zero-order valence-electron chi connectivity index (χ0n) is 17.7. The fourth-order valence-electron chi connectivity index (χ4n) is 4.49. The highest BCUT2D eigenvalue weighted by Gasteiger charge is 2.54. The third-order valence-corrected chi connectivity index (χ3v) is 6.96. The molecule has 0 bridgehead atoms. The third kappa shape index (κ3) is 3.20. The molecule has 160 valence electrons. The minimum Gasteiger partial charge on any atom is -0.325 e. The topological polar surface area (TPSA) is 59.5 Å². The van der Waals surface area contributed by atoms with Gasteiger partial charge in [0.15, 0.2) is 12.2 Å². The lowest BCUT2D eigenvalue weighted by atomic mass is 10.1. The summed E-state index contributed by atoms with van der Waals surface area (Å²) in [6, 6.07) is 13.2. The van der Waals surface area contributed by atoms with E-state index in [9.17, 15) is 9.59 Å². The van der Waals surface area contributed by atoms with Gasteiger partial charge in [-0.3, -0.25) is 9.69 Å². The van der Waals surface area contributed by atoms with Gasteiger partial charge in [-0.2, -0.15) is 0 Å². The van der Waals surface area contributed by atoms with Crippen LogP contribution < -0.4 is 4.90 Å². The van der Waals surface area contributed by atoms with Crippen molar-refractivity contribution in [1.82, 2.24) is 14.7 Å². The molecule has 2 aromatic carbocycles. The van der Waals surface area contributed by atoms with Crippen molar-refractivity contribution in [2.45, 2.75) is 32.6 Å². The molecular formula is C23H24BrN5O2. The average Bonchev–Trinajstić information content (AvgIpc) is 3.32. The summed E-state index contributed by atoms with van der Waals surface area (Å²) in [4.78, 5) is 38.5. The first-order valence-electron chi connectivity index (χ1n) is 10.4. The summed E-state index contributed by atoms with van der Waals surface area (Å²) in [5.74, 6) is 0.591. The Morgan fingerprint density at radius 2 is 1.77 bits per heavy atom. The number of imide groups is 1. The van der Waals surface area contributed by atoms with Crippen molar-refractivity contribution in [2.24, 2.45) is 4.99 Å². The molecule has 2 saturated heterocycles. The summed E-state index contributed by atoms with van der Waals surface area (Å²) < 4.78 is 0.960. The van der Waals surface area contributed by atoms with Crippen LogP contribution in [0.15, 0.2) is 51.9 Å². The second-order valence-electron chi connectivity index (χ2n) is 8.35. The summed E-state index contributed by atoms with van der Waals surface area (Å²) in [5.41, 5.74) is 4.44. The number of halogens is 1. The third-order valence-electron chi connectivity index (χ3n) is 6.43. The highest BCUT2D eigenvalue weighted by Crippen LogP contribution is 2.34. The monoisotopic (exact) mass is 481 g/mol. The smallest absolute Gasteiger partial charge is 0.325 e. The van der Waals surface area contributed by atoms with Gasteiger partial charge in [0, 0.05) is 30.3 Å². The second-order valence-corrected chi connectivity index (χ2v) is 9.26. The van der Waals surface area contributed by atoms with Crippen molar-refractivity contribution in [1.29, 1.82) is 0 Å². The van der Waals surface area contributed by atoms with E-state index < -0.39 is 12.2 Å². The van der Waals surface area contributed by atoms with Crippen molar-refractivity contribution in [2.75, 3.05) is 25.0 Å². The van der Waals surface area contributed by atoms with Gasteiger partial charge in [-0.05, 0) is 54.8 Å². The number of guanidine groups is 1. The number of carbonyl (C=O) groups is 2. The van der Waals surface area contributed by atoms with Crippen LogP contribution in [0.1, 0.15) is 16.7 Å². The largest absolute Gasteiger partial charge is 0.328 e. The van der Waals surface area contributed by atoms with E-state index in [0.717, 1.165) is 28.2 Å². The molecule has 0 radical (unpaired) electrons. The summed E-state index contributed by atoms with van der Waals surface area (Å²) in [6.07, 6.45) is -0.495. The first-order valence-corrected chi connectivity index (χ1v) is 11.2. The first-order chi connectivity index (χ1) is 14.8. The molecule has 3 heterocycles. The number of carbonyl (C=O) groups excluding carboxylic acids is 2. The highest BCUT2D eigenvalue weighted by atomic mass is 79.9. The van der Waals surface area contributed by atoms with E-state index >= 15 is 0 Å². The molecule has 0 spiro atoms. The van der Waals surface area contributed by atoms with Crippen molar-refractivity contribution >= 4 is 39.5 Å². The maximum atomic E-state index is 13.5. The summed E-state index contributed by atoms with van der Waals surface area (Å²) in [6.45, 7) is 5.91. The molecular weight excluding hydrogens is 458 g/mol. The number of urea groups is 1. The number of anilines is 1. The lowest BCUT2D eigenvalue weighted by molar-refractivity contribution is -0.137. The average molecular weight is 482 g/mol. The van der Waals surface area contributed by atoms with Crippen LogP contribution in [-0.4, -0.2) is 64.9 Å². The van der Waals surface area contributed by atoms with Crippen LogP contribution in [0.3, 0.4) is 0 Å². The molecule has 2 fully saturated rings. The van der Waals surface area contributed by atoms with Crippen molar-refractivity contribution < 1.29 is 9.59 Å². The maximum absolute atomic E-state index is 13.5. The Labute approximate surface area is 190 Å². The SMILES string of the molecule is Cc1ccc(N2CCN3C2=NC2C3C(=O)N(Cc3ccc(Br)cc3)C(=O)N2C)cc1C. The molecule has 0 N–H and O–H groups in total. The van der Waals surface area contributed by atoms with Gasteiger partial charge in [-0.15, -0.1) is 0 Å². The number of hydrogen-bond acceptors (Lipinski definition) is 5. The van der Waals surface area contributed by atoms with Gasteiger partial charge in [0.1, 0.15) is 0 Å². The van der Waals surface area contributed by atoms with Crippen LogP contribution in [0.4, 0.5) is 10.5 Å². The Morgan fingerprint density at radius 3 is 2.48 bits per heavy atom. The van der Waals surface area contributed by atoms with Crippen molar-refractivity contribution in [3.63, 3.8) is 0 Å². The van der Waals surface area contributed by atoms with Crippen LogP contribution in [-0.2, 0) is 11.3 Å². The molecule has 3 amide bonds. The number of rotatable bonds is 3. The fourth-order valence-corrected chi connectivity index (χ4v) is 4.76.